The highest BCUT2D eigenvalue weighted by Crippen LogP contribution is 2.24. The van der Waals surface area contributed by atoms with Crippen LogP contribution in [0.4, 0.5) is 4.79 Å². The number of hydrogen-bond donors (Lipinski definition) is 2. The Morgan fingerprint density at radius 2 is 2.20 bits per heavy atom. The lowest BCUT2D eigenvalue weighted by Crippen LogP contribution is -2.47. The molecule has 1 saturated heterocycles. The summed E-state index contributed by atoms with van der Waals surface area (Å²) in [7, 11) is 0. The number of urea groups is 1. The van der Waals surface area contributed by atoms with E-state index in [4.69, 9.17) is 4.52 Å². The number of rotatable bonds is 3. The minimum atomic E-state index is -0.956. The molecule has 2 rings (SSSR count). The molecular weight excluding hydrogens is 262 g/mol. The van der Waals surface area contributed by atoms with Crippen molar-refractivity contribution in [3.8, 4) is 0 Å². The van der Waals surface area contributed by atoms with Crippen molar-refractivity contribution in [1.29, 1.82) is 0 Å². The predicted molar refractivity (Wildman–Crippen MR) is 70.1 cm³/mol. The first-order chi connectivity index (χ1) is 9.41. The van der Waals surface area contributed by atoms with Crippen LogP contribution in [-0.4, -0.2) is 39.8 Å². The van der Waals surface area contributed by atoms with Gasteiger partial charge in [-0.3, -0.25) is 0 Å². The van der Waals surface area contributed by atoms with E-state index in [1.54, 1.807) is 13.8 Å². The molecule has 2 unspecified atom stereocenters. The van der Waals surface area contributed by atoms with Gasteiger partial charge < -0.3 is 19.8 Å². The van der Waals surface area contributed by atoms with Gasteiger partial charge in [0.05, 0.1) is 5.69 Å². The first kappa shape index (κ1) is 14.4. The summed E-state index contributed by atoms with van der Waals surface area (Å²) in [4.78, 5) is 24.7. The third-order valence-corrected chi connectivity index (χ3v) is 3.81. The lowest BCUT2D eigenvalue weighted by atomic mass is 10.0. The molecule has 2 N–H and O–H groups in total. The van der Waals surface area contributed by atoms with Crippen molar-refractivity contribution in [3.63, 3.8) is 0 Å². The Balaban J connectivity index is 2.00. The molecule has 0 aliphatic carbocycles. The van der Waals surface area contributed by atoms with Gasteiger partial charge in [-0.1, -0.05) is 12.1 Å². The summed E-state index contributed by atoms with van der Waals surface area (Å²) in [5, 5.41) is 15.7. The van der Waals surface area contributed by atoms with E-state index in [0.717, 1.165) is 11.3 Å². The highest BCUT2D eigenvalue weighted by molar-refractivity contribution is 5.83. The van der Waals surface area contributed by atoms with Crippen molar-refractivity contribution in [2.24, 2.45) is 5.92 Å². The first-order valence-corrected chi connectivity index (χ1v) is 6.60. The largest absolute Gasteiger partial charge is 0.480 e. The van der Waals surface area contributed by atoms with Crippen molar-refractivity contribution in [2.45, 2.75) is 39.8 Å². The predicted octanol–water partition coefficient (Wildman–Crippen LogP) is 1.30. The Morgan fingerprint density at radius 3 is 2.75 bits per heavy atom. The molecule has 1 aliphatic rings. The summed E-state index contributed by atoms with van der Waals surface area (Å²) in [6.07, 6.45) is 0.704. The summed E-state index contributed by atoms with van der Waals surface area (Å²) < 4.78 is 5.02. The van der Waals surface area contributed by atoms with Gasteiger partial charge in [0.25, 0.3) is 0 Å². The van der Waals surface area contributed by atoms with Crippen LogP contribution in [0.1, 0.15) is 30.4 Å². The Kier molecular flexibility index (Phi) is 3.96. The molecule has 0 spiro atoms. The topological polar surface area (TPSA) is 95.7 Å². The average Bonchev–Trinajstić information content (AvgIpc) is 2.91. The number of carboxylic acids is 1. The van der Waals surface area contributed by atoms with Crippen LogP contribution in [0, 0.1) is 19.8 Å². The van der Waals surface area contributed by atoms with Crippen LogP contribution in [-0.2, 0) is 11.3 Å². The number of aromatic nitrogens is 1. The van der Waals surface area contributed by atoms with E-state index in [1.807, 2.05) is 6.92 Å². The van der Waals surface area contributed by atoms with Crippen LogP contribution < -0.4 is 5.32 Å². The highest BCUT2D eigenvalue weighted by Gasteiger charge is 2.39. The number of likely N-dealkylation sites (tertiary alicyclic amines) is 1. The third kappa shape index (κ3) is 2.61. The lowest BCUT2D eigenvalue weighted by Gasteiger charge is -2.23. The van der Waals surface area contributed by atoms with Crippen molar-refractivity contribution in [2.75, 3.05) is 6.54 Å². The van der Waals surface area contributed by atoms with Crippen LogP contribution in [0.25, 0.3) is 0 Å². The number of aryl methyl sites for hydroxylation is 2. The summed E-state index contributed by atoms with van der Waals surface area (Å²) in [5.41, 5.74) is 1.56. The maximum atomic E-state index is 12.1. The Hall–Kier alpha value is -2.05. The number of hydrogen-bond acceptors (Lipinski definition) is 4. The SMILES string of the molecule is Cc1noc(C)c1CNC(=O)N1CCC(C)C1C(=O)O. The fourth-order valence-electron chi connectivity index (χ4n) is 2.57. The minimum absolute atomic E-state index is 0.0303. The van der Waals surface area contributed by atoms with Crippen LogP contribution in [0.2, 0.25) is 0 Å². The second-order valence-corrected chi connectivity index (χ2v) is 5.20. The summed E-state index contributed by atoms with van der Waals surface area (Å²) >= 11 is 0. The summed E-state index contributed by atoms with van der Waals surface area (Å²) in [6.45, 7) is 6.18. The Morgan fingerprint density at radius 1 is 1.50 bits per heavy atom. The van der Waals surface area contributed by atoms with E-state index in [2.05, 4.69) is 10.5 Å². The lowest BCUT2D eigenvalue weighted by molar-refractivity contribution is -0.142. The van der Waals surface area contributed by atoms with E-state index in [9.17, 15) is 14.7 Å². The van der Waals surface area contributed by atoms with Crippen LogP contribution >= 0.6 is 0 Å². The van der Waals surface area contributed by atoms with E-state index >= 15 is 0 Å². The molecule has 7 nitrogen and oxygen atoms in total. The summed E-state index contributed by atoms with van der Waals surface area (Å²) in [5.74, 6) is -0.327. The molecule has 1 fully saturated rings. The van der Waals surface area contributed by atoms with Crippen LogP contribution in [0.5, 0.6) is 0 Å². The second kappa shape index (κ2) is 5.52. The Labute approximate surface area is 116 Å². The molecule has 2 atom stereocenters. The maximum absolute atomic E-state index is 12.1. The number of carbonyl (C=O) groups is 2. The standard InChI is InChI=1S/C13H19N3O4/c1-7-4-5-16(11(7)12(17)18)13(19)14-6-10-8(2)15-20-9(10)3/h7,11H,4-6H2,1-3H3,(H,14,19)(H,17,18). The van der Waals surface area contributed by atoms with Crippen LogP contribution in [0.15, 0.2) is 4.52 Å². The monoisotopic (exact) mass is 281 g/mol. The molecular formula is C13H19N3O4. The van der Waals surface area contributed by atoms with Gasteiger partial charge in [-0.2, -0.15) is 0 Å². The molecule has 1 aromatic rings. The molecule has 0 bridgehead atoms. The number of amides is 2. The minimum Gasteiger partial charge on any atom is -0.480 e. The van der Waals surface area contributed by atoms with Gasteiger partial charge in [0.1, 0.15) is 11.8 Å². The summed E-state index contributed by atoms with van der Waals surface area (Å²) in [6, 6.07) is -1.11. The molecule has 0 radical (unpaired) electrons. The third-order valence-electron chi connectivity index (χ3n) is 3.81. The van der Waals surface area contributed by atoms with Crippen molar-refractivity contribution >= 4 is 12.0 Å². The van der Waals surface area contributed by atoms with E-state index in [0.29, 0.717) is 18.7 Å². The molecule has 7 heteroatoms. The molecule has 1 aromatic heterocycles. The smallest absolute Gasteiger partial charge is 0.326 e. The van der Waals surface area contributed by atoms with Gasteiger partial charge in [-0.25, -0.2) is 9.59 Å². The quantitative estimate of drug-likeness (QED) is 0.870. The van der Waals surface area contributed by atoms with Gasteiger partial charge in [0, 0.05) is 18.7 Å². The van der Waals surface area contributed by atoms with Gasteiger partial charge in [0.2, 0.25) is 0 Å². The zero-order chi connectivity index (χ0) is 14.9. The maximum Gasteiger partial charge on any atom is 0.326 e. The second-order valence-electron chi connectivity index (χ2n) is 5.20. The van der Waals surface area contributed by atoms with Crippen molar-refractivity contribution in [1.82, 2.24) is 15.4 Å². The van der Waals surface area contributed by atoms with E-state index in [-0.39, 0.29) is 18.5 Å². The van der Waals surface area contributed by atoms with Gasteiger partial charge >= 0.3 is 12.0 Å². The molecule has 2 amide bonds. The van der Waals surface area contributed by atoms with Crippen molar-refractivity contribution in [3.05, 3.63) is 17.0 Å². The molecule has 20 heavy (non-hydrogen) atoms. The molecule has 110 valence electrons. The van der Waals surface area contributed by atoms with Crippen molar-refractivity contribution < 1.29 is 19.2 Å². The number of carbonyl (C=O) groups excluding carboxylic acids is 1. The molecule has 1 aliphatic heterocycles. The molecule has 0 aromatic carbocycles. The number of aliphatic carboxylic acids is 1. The van der Waals surface area contributed by atoms with E-state index in [1.165, 1.54) is 4.90 Å². The Bertz CT molecular complexity index is 506. The fraction of sp³-hybridized carbons (Fsp3) is 0.615. The fourth-order valence-corrected chi connectivity index (χ4v) is 2.57. The van der Waals surface area contributed by atoms with Crippen LogP contribution in [0.3, 0.4) is 0 Å². The zero-order valence-corrected chi connectivity index (χ0v) is 11.8. The normalized spacial score (nSPS) is 22.1. The number of carboxylic acid groups (broad SMARTS) is 1. The van der Waals surface area contributed by atoms with Gasteiger partial charge in [-0.15, -0.1) is 0 Å². The zero-order valence-electron chi connectivity index (χ0n) is 11.8. The average molecular weight is 281 g/mol. The van der Waals surface area contributed by atoms with Gasteiger partial charge in [-0.05, 0) is 26.2 Å². The van der Waals surface area contributed by atoms with E-state index < -0.39 is 12.0 Å². The highest BCUT2D eigenvalue weighted by atomic mass is 16.5. The first-order valence-electron chi connectivity index (χ1n) is 6.60. The van der Waals surface area contributed by atoms with Gasteiger partial charge in [0.15, 0.2) is 0 Å². The number of nitrogens with one attached hydrogen (secondary N) is 1. The molecule has 2 heterocycles. The molecule has 0 saturated carbocycles. The number of nitrogens with zero attached hydrogens (tertiary/aromatic N) is 2.